The largest absolute Gasteiger partial charge is 0.306 e. The number of halogens is 1. The fourth-order valence-electron chi connectivity index (χ4n) is 3.73. The first kappa shape index (κ1) is 21.3. The van der Waals surface area contributed by atoms with Gasteiger partial charge in [-0.3, -0.25) is 19.3 Å². The van der Waals surface area contributed by atoms with E-state index < -0.39 is 0 Å². The van der Waals surface area contributed by atoms with Gasteiger partial charge in [0.1, 0.15) is 5.82 Å². The molecule has 2 aromatic heterocycles. The van der Waals surface area contributed by atoms with Crippen LogP contribution >= 0.6 is 22.9 Å². The van der Waals surface area contributed by atoms with E-state index in [9.17, 15) is 14.4 Å². The zero-order valence-corrected chi connectivity index (χ0v) is 19.3. The van der Waals surface area contributed by atoms with E-state index in [-0.39, 0.29) is 30.6 Å². The molecule has 4 aromatic rings. The molecule has 1 N–H and O–H groups in total. The van der Waals surface area contributed by atoms with Crippen molar-refractivity contribution >= 4 is 62.4 Å². The van der Waals surface area contributed by atoms with Gasteiger partial charge in [0.25, 0.3) is 5.91 Å². The fourth-order valence-corrected chi connectivity index (χ4v) is 5.01. The minimum atomic E-state index is -0.350. The smallest absolute Gasteiger partial charge is 0.256 e. The van der Waals surface area contributed by atoms with Crippen LogP contribution in [0.3, 0.4) is 0 Å². The van der Waals surface area contributed by atoms with Crippen molar-refractivity contribution in [3.05, 3.63) is 64.3 Å². The number of nitrogens with one attached hydrogen (secondary N) is 1. The Morgan fingerprint density at radius 3 is 2.42 bits per heavy atom. The molecule has 0 bridgehead atoms. The lowest BCUT2D eigenvalue weighted by atomic mass is 10.2. The number of anilines is 2. The molecule has 0 atom stereocenters. The molecule has 1 saturated heterocycles. The molecule has 1 aliphatic heterocycles. The van der Waals surface area contributed by atoms with E-state index >= 15 is 0 Å². The summed E-state index contributed by atoms with van der Waals surface area (Å²) in [4.78, 5) is 42.6. The lowest BCUT2D eigenvalue weighted by Gasteiger charge is -2.14. The van der Waals surface area contributed by atoms with Crippen LogP contribution < -0.4 is 10.2 Å². The first-order valence-corrected chi connectivity index (χ1v) is 11.4. The number of thiazole rings is 1. The molecule has 0 spiro atoms. The zero-order valence-electron chi connectivity index (χ0n) is 17.8. The highest BCUT2D eigenvalue weighted by molar-refractivity contribution is 7.21. The SMILES string of the molecule is Cc1cc(NC(=O)c2ccc(N3C(=O)CCC3=O)cc2)n(-c2nc3c(C)ccc(Cl)c3s2)n1. The van der Waals surface area contributed by atoms with Gasteiger partial charge in [0.2, 0.25) is 16.9 Å². The Morgan fingerprint density at radius 2 is 1.76 bits per heavy atom. The molecule has 8 nitrogen and oxygen atoms in total. The van der Waals surface area contributed by atoms with E-state index in [0.29, 0.717) is 32.9 Å². The summed E-state index contributed by atoms with van der Waals surface area (Å²) in [5, 5.41) is 8.57. The van der Waals surface area contributed by atoms with Crippen LogP contribution in [0.4, 0.5) is 11.5 Å². The third-order valence-electron chi connectivity index (χ3n) is 5.38. The van der Waals surface area contributed by atoms with Gasteiger partial charge in [0.15, 0.2) is 0 Å². The summed E-state index contributed by atoms with van der Waals surface area (Å²) in [6.07, 6.45) is 0.418. The molecule has 1 fully saturated rings. The number of imide groups is 1. The van der Waals surface area contributed by atoms with Gasteiger partial charge >= 0.3 is 0 Å². The Balaban J connectivity index is 1.42. The number of rotatable bonds is 4. The Morgan fingerprint density at radius 1 is 1.06 bits per heavy atom. The van der Waals surface area contributed by atoms with Gasteiger partial charge < -0.3 is 5.32 Å². The topological polar surface area (TPSA) is 97.2 Å². The van der Waals surface area contributed by atoms with E-state index in [0.717, 1.165) is 20.7 Å². The number of hydrogen-bond donors (Lipinski definition) is 1. The van der Waals surface area contributed by atoms with Crippen molar-refractivity contribution in [1.29, 1.82) is 0 Å². The number of hydrogen-bond acceptors (Lipinski definition) is 6. The summed E-state index contributed by atoms with van der Waals surface area (Å²) < 4.78 is 2.45. The number of carbonyl (C=O) groups excluding carboxylic acids is 3. The summed E-state index contributed by atoms with van der Waals surface area (Å²) in [5.41, 5.74) is 3.36. The molecule has 0 radical (unpaired) electrons. The lowest BCUT2D eigenvalue weighted by molar-refractivity contribution is -0.121. The highest BCUT2D eigenvalue weighted by atomic mass is 35.5. The van der Waals surface area contributed by atoms with Crippen LogP contribution in [0, 0.1) is 13.8 Å². The van der Waals surface area contributed by atoms with Gasteiger partial charge in [-0.15, -0.1) is 0 Å². The van der Waals surface area contributed by atoms with Crippen molar-refractivity contribution in [1.82, 2.24) is 14.8 Å². The van der Waals surface area contributed by atoms with Crippen molar-refractivity contribution in [3.8, 4) is 5.13 Å². The van der Waals surface area contributed by atoms with Crippen LogP contribution in [0.5, 0.6) is 0 Å². The minimum Gasteiger partial charge on any atom is -0.306 e. The van der Waals surface area contributed by atoms with E-state index in [2.05, 4.69) is 15.4 Å². The normalized spacial score (nSPS) is 13.8. The van der Waals surface area contributed by atoms with E-state index in [1.165, 1.54) is 11.3 Å². The van der Waals surface area contributed by atoms with Gasteiger partial charge in [-0.05, 0) is 49.7 Å². The molecule has 0 unspecified atom stereocenters. The van der Waals surface area contributed by atoms with Crippen molar-refractivity contribution in [2.75, 3.05) is 10.2 Å². The number of benzene rings is 2. The van der Waals surface area contributed by atoms with Crippen LogP contribution in [0.2, 0.25) is 5.02 Å². The van der Waals surface area contributed by atoms with Crippen molar-refractivity contribution in [2.45, 2.75) is 26.7 Å². The average molecular weight is 480 g/mol. The molecule has 3 amide bonds. The minimum absolute atomic E-state index is 0.209. The maximum atomic E-state index is 12.9. The lowest BCUT2D eigenvalue weighted by Crippen LogP contribution is -2.28. The highest BCUT2D eigenvalue weighted by Gasteiger charge is 2.30. The number of aryl methyl sites for hydroxylation is 2. The third-order valence-corrected chi connectivity index (χ3v) is 6.87. The molecule has 0 saturated carbocycles. The number of aromatic nitrogens is 3. The summed E-state index contributed by atoms with van der Waals surface area (Å²) in [6, 6.07) is 11.9. The van der Waals surface area contributed by atoms with Crippen molar-refractivity contribution in [2.24, 2.45) is 0 Å². The van der Waals surface area contributed by atoms with E-state index in [1.54, 1.807) is 35.0 Å². The quantitative estimate of drug-likeness (QED) is 0.429. The van der Waals surface area contributed by atoms with Gasteiger partial charge in [-0.25, -0.2) is 4.98 Å². The number of amides is 3. The Kier molecular flexibility index (Phi) is 5.22. The van der Waals surface area contributed by atoms with Crippen LogP contribution in [0.1, 0.15) is 34.5 Å². The fraction of sp³-hybridized carbons (Fsp3) is 0.174. The van der Waals surface area contributed by atoms with Gasteiger partial charge in [-0.1, -0.05) is 29.0 Å². The Hall–Kier alpha value is -3.56. The van der Waals surface area contributed by atoms with Crippen LogP contribution in [0.25, 0.3) is 15.3 Å². The Labute approximate surface area is 197 Å². The monoisotopic (exact) mass is 479 g/mol. The highest BCUT2D eigenvalue weighted by Crippen LogP contribution is 2.34. The van der Waals surface area contributed by atoms with Crippen LogP contribution in [-0.4, -0.2) is 32.5 Å². The molecule has 0 aliphatic carbocycles. The molecule has 166 valence electrons. The molecule has 5 rings (SSSR count). The molecule has 2 aromatic carbocycles. The average Bonchev–Trinajstić information content (AvgIpc) is 3.48. The molecule has 10 heteroatoms. The van der Waals surface area contributed by atoms with Crippen LogP contribution in [0.15, 0.2) is 42.5 Å². The zero-order chi connectivity index (χ0) is 23.3. The first-order chi connectivity index (χ1) is 15.8. The summed E-state index contributed by atoms with van der Waals surface area (Å²) >= 11 is 7.74. The molecular weight excluding hydrogens is 462 g/mol. The number of nitrogens with zero attached hydrogens (tertiary/aromatic N) is 4. The summed E-state index contributed by atoms with van der Waals surface area (Å²) in [5.74, 6) is -0.345. The standard InChI is InChI=1S/C23H18ClN5O3S/c1-12-3-8-16(24)21-20(12)26-23(33-21)29-17(11-13(2)27-29)25-22(32)14-4-6-15(7-5-14)28-18(30)9-10-19(28)31/h3-8,11H,9-10H2,1-2H3,(H,25,32). The second-order valence-electron chi connectivity index (χ2n) is 7.75. The van der Waals surface area contributed by atoms with Gasteiger partial charge in [0, 0.05) is 24.5 Å². The number of fused-ring (bicyclic) bond motifs is 1. The van der Waals surface area contributed by atoms with Gasteiger partial charge in [0.05, 0.1) is 26.6 Å². The first-order valence-electron chi connectivity index (χ1n) is 10.2. The second-order valence-corrected chi connectivity index (χ2v) is 9.13. The predicted octanol–water partition coefficient (Wildman–Crippen LogP) is 4.66. The Bertz CT molecular complexity index is 1390. The maximum absolute atomic E-state index is 12.9. The molecular formula is C23H18ClN5O3S. The molecule has 1 aliphatic rings. The van der Waals surface area contributed by atoms with Gasteiger partial charge in [-0.2, -0.15) is 9.78 Å². The second kappa shape index (κ2) is 8.09. The third kappa shape index (κ3) is 3.79. The van der Waals surface area contributed by atoms with Crippen molar-refractivity contribution in [3.63, 3.8) is 0 Å². The summed E-state index contributed by atoms with van der Waals surface area (Å²) in [7, 11) is 0. The molecule has 3 heterocycles. The number of carbonyl (C=O) groups is 3. The van der Waals surface area contributed by atoms with E-state index in [4.69, 9.17) is 11.6 Å². The van der Waals surface area contributed by atoms with Crippen molar-refractivity contribution < 1.29 is 14.4 Å². The predicted molar refractivity (Wildman–Crippen MR) is 127 cm³/mol. The van der Waals surface area contributed by atoms with E-state index in [1.807, 2.05) is 26.0 Å². The summed E-state index contributed by atoms with van der Waals surface area (Å²) in [6.45, 7) is 3.79. The van der Waals surface area contributed by atoms with Crippen LogP contribution in [-0.2, 0) is 9.59 Å². The molecule has 33 heavy (non-hydrogen) atoms. The maximum Gasteiger partial charge on any atom is 0.256 e.